The average molecular weight is 295 g/mol. The number of halogens is 2. The van der Waals surface area contributed by atoms with Crippen LogP contribution < -0.4 is 0 Å². The van der Waals surface area contributed by atoms with Crippen molar-refractivity contribution < 1.29 is 27.9 Å². The fraction of sp³-hybridized carbons (Fsp3) is 0.857. The Labute approximate surface area is 104 Å². The van der Waals surface area contributed by atoms with Gasteiger partial charge < -0.3 is 18.5 Å². The minimum absolute atomic E-state index is 0.0655. The first kappa shape index (κ1) is 16.2. The maximum absolute atomic E-state index is 11.8. The highest BCUT2D eigenvalue weighted by Crippen LogP contribution is 2.63. The molecule has 0 spiro atoms. The summed E-state index contributed by atoms with van der Waals surface area (Å²) in [5.41, 5.74) is 0. The van der Waals surface area contributed by atoms with Crippen molar-refractivity contribution in [2.24, 2.45) is 0 Å². The van der Waals surface area contributed by atoms with E-state index in [1.165, 1.54) is 7.11 Å². The molecule has 0 saturated carbocycles. The Bertz CT molecular complexity index is 274. The van der Waals surface area contributed by atoms with Gasteiger partial charge in [-0.3, -0.25) is 4.57 Å². The molecule has 0 atom stereocenters. The summed E-state index contributed by atoms with van der Waals surface area (Å²) >= 11 is 11.2. The van der Waals surface area contributed by atoms with Crippen LogP contribution in [0.15, 0.2) is 0 Å². The van der Waals surface area contributed by atoms with Crippen LogP contribution in [0.25, 0.3) is 0 Å². The molecule has 16 heavy (non-hydrogen) atoms. The van der Waals surface area contributed by atoms with Crippen molar-refractivity contribution in [3.8, 4) is 0 Å². The molecule has 0 bridgehead atoms. The Kier molecular flexibility index (Phi) is 6.86. The molecule has 0 aliphatic heterocycles. The van der Waals surface area contributed by atoms with Crippen molar-refractivity contribution in [2.45, 2.75) is 4.07 Å². The molecule has 0 radical (unpaired) electrons. The molecule has 0 unspecified atom stereocenters. The highest BCUT2D eigenvalue weighted by Gasteiger charge is 2.55. The Hall–Kier alpha value is 0.160. The third-order valence-electron chi connectivity index (χ3n) is 1.59. The second kappa shape index (κ2) is 6.79. The molecule has 0 aromatic heterocycles. The summed E-state index contributed by atoms with van der Waals surface area (Å²) in [4.78, 5) is 11.4. The molecule has 0 heterocycles. The lowest BCUT2D eigenvalue weighted by Gasteiger charge is -2.24. The number of hydrogen-bond donors (Lipinski definition) is 0. The summed E-state index contributed by atoms with van der Waals surface area (Å²) in [6, 6.07) is 0. The van der Waals surface area contributed by atoms with Gasteiger partial charge in [0.1, 0.15) is 6.61 Å². The zero-order valence-corrected chi connectivity index (χ0v) is 11.5. The van der Waals surface area contributed by atoms with E-state index in [4.69, 9.17) is 23.2 Å². The summed E-state index contributed by atoms with van der Waals surface area (Å²) in [5.74, 6) is -1.11. The van der Waals surface area contributed by atoms with E-state index in [1.54, 1.807) is 0 Å². The molecule has 0 amide bonds. The van der Waals surface area contributed by atoms with Crippen LogP contribution in [-0.4, -0.2) is 44.6 Å². The topological polar surface area (TPSA) is 71.1 Å². The van der Waals surface area contributed by atoms with Crippen LogP contribution in [0.5, 0.6) is 0 Å². The fourth-order valence-corrected chi connectivity index (χ4v) is 2.55. The number of ether oxygens (including phenoxy) is 2. The summed E-state index contributed by atoms with van der Waals surface area (Å²) < 4.78 is 27.7. The molecule has 0 aliphatic carbocycles. The lowest BCUT2D eigenvalue weighted by molar-refractivity contribution is -0.144. The second-order valence-corrected chi connectivity index (χ2v) is 6.78. The number of alkyl halides is 2. The molecule has 6 nitrogen and oxygen atoms in total. The van der Waals surface area contributed by atoms with E-state index in [0.29, 0.717) is 0 Å². The van der Waals surface area contributed by atoms with Gasteiger partial charge >= 0.3 is 17.6 Å². The SMILES string of the molecule is COCCOC(=O)C(Cl)(Cl)P(=O)(OC)OC. The molecular formula is C7H13Cl2O6P. The van der Waals surface area contributed by atoms with E-state index >= 15 is 0 Å². The Morgan fingerprint density at radius 1 is 1.19 bits per heavy atom. The van der Waals surface area contributed by atoms with Crippen molar-refractivity contribution in [2.75, 3.05) is 34.5 Å². The largest absolute Gasteiger partial charge is 0.461 e. The smallest absolute Gasteiger partial charge is 0.377 e. The van der Waals surface area contributed by atoms with Crippen molar-refractivity contribution in [1.29, 1.82) is 0 Å². The first-order valence-electron chi connectivity index (χ1n) is 4.11. The van der Waals surface area contributed by atoms with Crippen LogP contribution in [0.4, 0.5) is 0 Å². The van der Waals surface area contributed by atoms with Gasteiger partial charge in [-0.15, -0.1) is 0 Å². The van der Waals surface area contributed by atoms with Crippen molar-refractivity contribution in [3.05, 3.63) is 0 Å². The number of hydrogen-bond acceptors (Lipinski definition) is 6. The van der Waals surface area contributed by atoms with Gasteiger partial charge in [-0.1, -0.05) is 23.2 Å². The fourth-order valence-electron chi connectivity index (χ4n) is 0.720. The monoisotopic (exact) mass is 294 g/mol. The van der Waals surface area contributed by atoms with Gasteiger partial charge in [0.15, 0.2) is 0 Å². The Morgan fingerprint density at radius 3 is 2.06 bits per heavy atom. The number of carbonyl (C=O) groups is 1. The predicted molar refractivity (Wildman–Crippen MR) is 58.9 cm³/mol. The Balaban J connectivity index is 4.64. The maximum atomic E-state index is 11.8. The van der Waals surface area contributed by atoms with Gasteiger partial charge in [0.2, 0.25) is 0 Å². The maximum Gasteiger partial charge on any atom is 0.377 e. The first-order valence-corrected chi connectivity index (χ1v) is 6.41. The van der Waals surface area contributed by atoms with E-state index in [2.05, 4.69) is 18.5 Å². The first-order chi connectivity index (χ1) is 7.35. The molecule has 0 N–H and O–H groups in total. The van der Waals surface area contributed by atoms with Gasteiger partial charge in [-0.05, 0) is 0 Å². The van der Waals surface area contributed by atoms with E-state index in [1.807, 2.05) is 0 Å². The van der Waals surface area contributed by atoms with Gasteiger partial charge in [-0.25, -0.2) is 4.79 Å². The van der Waals surface area contributed by atoms with Crippen LogP contribution in [0, 0.1) is 0 Å². The van der Waals surface area contributed by atoms with Crippen molar-refractivity contribution in [3.63, 3.8) is 0 Å². The summed E-state index contributed by atoms with van der Waals surface area (Å²) in [7, 11) is -0.422. The number of esters is 1. The zero-order valence-electron chi connectivity index (χ0n) is 9.07. The summed E-state index contributed by atoms with van der Waals surface area (Å²) in [6.07, 6.45) is 0. The lowest BCUT2D eigenvalue weighted by atomic mass is 10.7. The van der Waals surface area contributed by atoms with E-state index in [-0.39, 0.29) is 13.2 Å². The highest BCUT2D eigenvalue weighted by molar-refractivity contribution is 7.61. The van der Waals surface area contributed by atoms with Gasteiger partial charge in [0.25, 0.3) is 0 Å². The molecule has 0 aliphatic rings. The number of rotatable bonds is 7. The van der Waals surface area contributed by atoms with Gasteiger partial charge in [0, 0.05) is 21.3 Å². The summed E-state index contributed by atoms with van der Waals surface area (Å²) in [5, 5.41) is 0. The number of carbonyl (C=O) groups excluding carboxylic acids is 1. The van der Waals surface area contributed by atoms with E-state index in [9.17, 15) is 9.36 Å². The molecule has 0 aromatic carbocycles. The predicted octanol–water partition coefficient (Wildman–Crippen LogP) is 1.79. The van der Waals surface area contributed by atoms with Crippen molar-refractivity contribution in [1.82, 2.24) is 0 Å². The van der Waals surface area contributed by atoms with E-state index < -0.39 is 17.6 Å². The lowest BCUT2D eigenvalue weighted by Crippen LogP contribution is -2.30. The second-order valence-electron chi connectivity index (χ2n) is 2.53. The van der Waals surface area contributed by atoms with E-state index in [0.717, 1.165) is 14.2 Å². The summed E-state index contributed by atoms with van der Waals surface area (Å²) in [6.45, 7) is 0.101. The van der Waals surface area contributed by atoms with Crippen LogP contribution in [0.3, 0.4) is 0 Å². The van der Waals surface area contributed by atoms with Gasteiger partial charge in [0.05, 0.1) is 6.61 Å². The minimum Gasteiger partial charge on any atom is -0.461 e. The van der Waals surface area contributed by atoms with Crippen LogP contribution in [0.2, 0.25) is 0 Å². The highest BCUT2D eigenvalue weighted by atomic mass is 35.5. The normalized spacial score (nSPS) is 12.6. The third kappa shape index (κ3) is 3.58. The number of methoxy groups -OCH3 is 1. The molecule has 0 fully saturated rings. The van der Waals surface area contributed by atoms with Crippen LogP contribution >= 0.6 is 30.8 Å². The molecule has 96 valence electrons. The molecular weight excluding hydrogens is 282 g/mol. The quantitative estimate of drug-likeness (QED) is 0.309. The molecule has 9 heteroatoms. The average Bonchev–Trinajstić information content (AvgIpc) is 2.27. The Morgan fingerprint density at radius 2 is 1.69 bits per heavy atom. The zero-order chi connectivity index (χ0) is 12.8. The minimum atomic E-state index is -3.97. The third-order valence-corrected chi connectivity index (χ3v) is 4.97. The molecule has 0 aromatic rings. The molecule has 0 saturated heterocycles. The van der Waals surface area contributed by atoms with Crippen LogP contribution in [-0.2, 0) is 27.9 Å². The standard InChI is InChI=1S/C7H13Cl2O6P/c1-12-4-5-15-6(10)7(8,9)16(11,13-2)14-3/h4-5H2,1-3H3. The molecule has 0 rings (SSSR count). The van der Waals surface area contributed by atoms with Gasteiger partial charge in [-0.2, -0.15) is 0 Å². The van der Waals surface area contributed by atoms with Crippen molar-refractivity contribution >= 4 is 36.8 Å². The van der Waals surface area contributed by atoms with Crippen LogP contribution in [0.1, 0.15) is 0 Å².